The molecule has 0 fully saturated rings. The summed E-state index contributed by atoms with van der Waals surface area (Å²) in [4.78, 5) is 14.6. The van der Waals surface area contributed by atoms with E-state index in [1.165, 1.54) is 7.11 Å². The standard InChI is InChI=1S/C13H12N2O3/c1-3-18-13(16)10-6-9-4-8(7-14)5-11(17-2)12(9)15-10/h4-6,15H,3H2,1-2H3. The Morgan fingerprint density at radius 3 is 2.83 bits per heavy atom. The van der Waals surface area contributed by atoms with Gasteiger partial charge in [-0.1, -0.05) is 0 Å². The van der Waals surface area contributed by atoms with E-state index < -0.39 is 5.97 Å². The van der Waals surface area contributed by atoms with Gasteiger partial charge in [0, 0.05) is 11.5 Å². The van der Waals surface area contributed by atoms with Gasteiger partial charge in [-0.3, -0.25) is 0 Å². The number of aromatic nitrogens is 1. The number of benzene rings is 1. The van der Waals surface area contributed by atoms with E-state index in [2.05, 4.69) is 4.98 Å². The van der Waals surface area contributed by atoms with E-state index in [4.69, 9.17) is 14.7 Å². The monoisotopic (exact) mass is 244 g/mol. The quantitative estimate of drug-likeness (QED) is 0.840. The molecule has 0 amide bonds. The van der Waals surface area contributed by atoms with Crippen LogP contribution in [0.2, 0.25) is 0 Å². The number of nitrogens with zero attached hydrogens (tertiary/aromatic N) is 1. The van der Waals surface area contributed by atoms with Gasteiger partial charge in [0.25, 0.3) is 0 Å². The molecule has 0 aliphatic heterocycles. The normalized spacial score (nSPS) is 10.1. The molecule has 0 atom stereocenters. The van der Waals surface area contributed by atoms with Gasteiger partial charge in [-0.2, -0.15) is 5.26 Å². The van der Waals surface area contributed by atoms with E-state index in [0.717, 1.165) is 5.39 Å². The van der Waals surface area contributed by atoms with Crippen molar-refractivity contribution in [1.82, 2.24) is 4.98 Å². The number of esters is 1. The van der Waals surface area contributed by atoms with Crippen LogP contribution in [0.1, 0.15) is 23.0 Å². The van der Waals surface area contributed by atoms with Crippen molar-refractivity contribution >= 4 is 16.9 Å². The smallest absolute Gasteiger partial charge is 0.354 e. The molecule has 2 aromatic rings. The van der Waals surface area contributed by atoms with Crippen LogP contribution >= 0.6 is 0 Å². The average molecular weight is 244 g/mol. The zero-order chi connectivity index (χ0) is 13.1. The lowest BCUT2D eigenvalue weighted by Crippen LogP contribution is -2.04. The summed E-state index contributed by atoms with van der Waals surface area (Å²) in [5, 5.41) is 9.65. The molecule has 1 aromatic heterocycles. The van der Waals surface area contributed by atoms with E-state index in [1.807, 2.05) is 6.07 Å². The first-order valence-electron chi connectivity index (χ1n) is 5.47. The lowest BCUT2D eigenvalue weighted by Gasteiger charge is -2.01. The topological polar surface area (TPSA) is 75.1 Å². The molecule has 18 heavy (non-hydrogen) atoms. The third-order valence-electron chi connectivity index (χ3n) is 2.54. The molecule has 92 valence electrons. The van der Waals surface area contributed by atoms with Crippen molar-refractivity contribution in [2.24, 2.45) is 0 Å². The first-order valence-corrected chi connectivity index (χ1v) is 5.47. The Morgan fingerprint density at radius 1 is 1.44 bits per heavy atom. The molecule has 1 N–H and O–H groups in total. The van der Waals surface area contributed by atoms with Crippen LogP contribution in [0.4, 0.5) is 0 Å². The maximum Gasteiger partial charge on any atom is 0.354 e. The Balaban J connectivity index is 2.57. The number of hydrogen-bond donors (Lipinski definition) is 1. The minimum atomic E-state index is -0.422. The molecule has 0 bridgehead atoms. The van der Waals surface area contributed by atoms with Crippen LogP contribution in [0.25, 0.3) is 10.9 Å². The first-order chi connectivity index (χ1) is 8.69. The number of fused-ring (bicyclic) bond motifs is 1. The van der Waals surface area contributed by atoms with Crippen LogP contribution in [0.5, 0.6) is 5.75 Å². The fourth-order valence-corrected chi connectivity index (χ4v) is 1.76. The molecule has 0 spiro atoms. The van der Waals surface area contributed by atoms with Gasteiger partial charge >= 0.3 is 5.97 Å². The van der Waals surface area contributed by atoms with Crippen LogP contribution in [0.3, 0.4) is 0 Å². The minimum Gasteiger partial charge on any atom is -0.495 e. The summed E-state index contributed by atoms with van der Waals surface area (Å²) in [7, 11) is 1.51. The minimum absolute atomic E-state index is 0.314. The predicted octanol–water partition coefficient (Wildman–Crippen LogP) is 2.22. The van der Waals surface area contributed by atoms with Crippen LogP contribution in [0, 0.1) is 11.3 Å². The Morgan fingerprint density at radius 2 is 2.22 bits per heavy atom. The zero-order valence-electron chi connectivity index (χ0n) is 10.1. The third kappa shape index (κ3) is 2.00. The SMILES string of the molecule is CCOC(=O)c1cc2cc(C#N)cc(OC)c2[nH]1. The Kier molecular flexibility index (Phi) is 3.20. The number of nitrogens with one attached hydrogen (secondary N) is 1. The summed E-state index contributed by atoms with van der Waals surface area (Å²) in [6.07, 6.45) is 0. The predicted molar refractivity (Wildman–Crippen MR) is 65.5 cm³/mol. The van der Waals surface area contributed by atoms with Gasteiger partial charge < -0.3 is 14.5 Å². The summed E-state index contributed by atoms with van der Waals surface area (Å²) >= 11 is 0. The summed E-state index contributed by atoms with van der Waals surface area (Å²) in [5.41, 5.74) is 1.51. The van der Waals surface area contributed by atoms with Crippen LogP contribution in [-0.4, -0.2) is 24.7 Å². The van der Waals surface area contributed by atoms with E-state index in [1.54, 1.807) is 25.1 Å². The van der Waals surface area contributed by atoms with Crippen molar-refractivity contribution in [3.8, 4) is 11.8 Å². The fraction of sp³-hybridized carbons (Fsp3) is 0.231. The number of hydrogen-bond acceptors (Lipinski definition) is 4. The maximum atomic E-state index is 11.6. The second-order valence-corrected chi connectivity index (χ2v) is 3.66. The molecule has 1 heterocycles. The van der Waals surface area contributed by atoms with Crippen molar-refractivity contribution in [3.63, 3.8) is 0 Å². The first kappa shape index (κ1) is 12.0. The highest BCUT2D eigenvalue weighted by Crippen LogP contribution is 2.27. The number of carbonyl (C=O) groups excluding carboxylic acids is 1. The molecule has 0 radical (unpaired) electrons. The van der Waals surface area contributed by atoms with Crippen molar-refractivity contribution in [1.29, 1.82) is 5.26 Å². The van der Waals surface area contributed by atoms with Gasteiger partial charge in [0.05, 0.1) is 30.9 Å². The number of ether oxygens (including phenoxy) is 2. The molecule has 0 saturated carbocycles. The molecule has 0 unspecified atom stereocenters. The van der Waals surface area contributed by atoms with Crippen LogP contribution in [0.15, 0.2) is 18.2 Å². The highest BCUT2D eigenvalue weighted by molar-refractivity contribution is 5.97. The van der Waals surface area contributed by atoms with Gasteiger partial charge in [-0.15, -0.1) is 0 Å². The van der Waals surface area contributed by atoms with Gasteiger partial charge in [-0.05, 0) is 19.1 Å². The second-order valence-electron chi connectivity index (χ2n) is 3.66. The third-order valence-corrected chi connectivity index (χ3v) is 2.54. The maximum absolute atomic E-state index is 11.6. The average Bonchev–Trinajstić information content (AvgIpc) is 2.81. The molecular formula is C13H12N2O3. The van der Waals surface area contributed by atoms with E-state index in [9.17, 15) is 4.79 Å². The van der Waals surface area contributed by atoms with E-state index in [0.29, 0.717) is 29.1 Å². The van der Waals surface area contributed by atoms with Crippen molar-refractivity contribution in [2.45, 2.75) is 6.92 Å². The van der Waals surface area contributed by atoms with Crippen molar-refractivity contribution < 1.29 is 14.3 Å². The van der Waals surface area contributed by atoms with Gasteiger partial charge in [0.1, 0.15) is 11.4 Å². The van der Waals surface area contributed by atoms with Gasteiger partial charge in [0.2, 0.25) is 0 Å². The van der Waals surface area contributed by atoms with Crippen molar-refractivity contribution in [3.05, 3.63) is 29.5 Å². The molecular weight excluding hydrogens is 232 g/mol. The Bertz CT molecular complexity index is 637. The van der Waals surface area contributed by atoms with Crippen molar-refractivity contribution in [2.75, 3.05) is 13.7 Å². The number of H-pyrrole nitrogens is 1. The Labute approximate surface area is 104 Å². The Hall–Kier alpha value is -2.48. The number of methoxy groups -OCH3 is 1. The summed E-state index contributed by atoms with van der Waals surface area (Å²) < 4.78 is 10.1. The largest absolute Gasteiger partial charge is 0.495 e. The second kappa shape index (κ2) is 4.80. The van der Waals surface area contributed by atoms with Crippen LogP contribution in [-0.2, 0) is 4.74 Å². The lowest BCUT2D eigenvalue weighted by atomic mass is 10.1. The molecule has 1 aromatic carbocycles. The number of aromatic amines is 1. The molecule has 5 nitrogen and oxygen atoms in total. The molecule has 5 heteroatoms. The van der Waals surface area contributed by atoms with Gasteiger partial charge in [0.15, 0.2) is 0 Å². The highest BCUT2D eigenvalue weighted by Gasteiger charge is 2.13. The van der Waals surface area contributed by atoms with E-state index >= 15 is 0 Å². The highest BCUT2D eigenvalue weighted by atomic mass is 16.5. The number of rotatable bonds is 3. The zero-order valence-corrected chi connectivity index (χ0v) is 10.1. The fourth-order valence-electron chi connectivity index (χ4n) is 1.76. The molecule has 2 rings (SSSR count). The van der Waals surface area contributed by atoms with Crippen LogP contribution < -0.4 is 4.74 Å². The lowest BCUT2D eigenvalue weighted by molar-refractivity contribution is 0.0520. The van der Waals surface area contributed by atoms with Gasteiger partial charge in [-0.25, -0.2) is 4.79 Å². The molecule has 0 saturated heterocycles. The molecule has 0 aliphatic carbocycles. The van der Waals surface area contributed by atoms with E-state index in [-0.39, 0.29) is 0 Å². The summed E-state index contributed by atoms with van der Waals surface area (Å²) in [5.74, 6) is 0.105. The number of nitriles is 1. The molecule has 0 aliphatic rings. The summed E-state index contributed by atoms with van der Waals surface area (Å²) in [6, 6.07) is 7.01. The number of carbonyl (C=O) groups is 1. The summed E-state index contributed by atoms with van der Waals surface area (Å²) in [6.45, 7) is 2.06.